The van der Waals surface area contributed by atoms with E-state index in [0.29, 0.717) is 12.8 Å². The SMILES string of the molecule is CCC(O)(CC)CNS(=O)(=O)CCl. The highest BCUT2D eigenvalue weighted by Crippen LogP contribution is 2.13. The van der Waals surface area contributed by atoms with Crippen LogP contribution in [0.1, 0.15) is 26.7 Å². The molecule has 0 aromatic carbocycles. The molecule has 0 fully saturated rings. The fraction of sp³-hybridized carbons (Fsp3) is 1.00. The lowest BCUT2D eigenvalue weighted by Crippen LogP contribution is -2.42. The fourth-order valence-corrected chi connectivity index (χ4v) is 1.58. The molecule has 0 aliphatic rings. The minimum absolute atomic E-state index is 0.0229. The highest BCUT2D eigenvalue weighted by Gasteiger charge is 2.24. The van der Waals surface area contributed by atoms with Crippen LogP contribution in [0.25, 0.3) is 0 Å². The molecule has 0 saturated carbocycles. The first-order valence-corrected chi connectivity index (χ1v) is 6.33. The van der Waals surface area contributed by atoms with Crippen molar-refractivity contribution in [3.8, 4) is 0 Å². The fourth-order valence-electron chi connectivity index (χ4n) is 0.783. The smallest absolute Gasteiger partial charge is 0.225 e. The molecule has 0 unspecified atom stereocenters. The third kappa shape index (κ3) is 4.81. The summed E-state index contributed by atoms with van der Waals surface area (Å²) in [5, 5.41) is 9.24. The number of rotatable bonds is 6. The van der Waals surface area contributed by atoms with E-state index >= 15 is 0 Å². The lowest BCUT2D eigenvalue weighted by atomic mass is 9.98. The summed E-state index contributed by atoms with van der Waals surface area (Å²) in [6, 6.07) is 0. The molecular weight excluding hydrogens is 214 g/mol. The number of nitrogens with one attached hydrogen (secondary N) is 1. The van der Waals surface area contributed by atoms with Crippen molar-refractivity contribution in [3.05, 3.63) is 0 Å². The number of hydrogen-bond donors (Lipinski definition) is 2. The van der Waals surface area contributed by atoms with Crippen molar-refractivity contribution in [2.45, 2.75) is 32.3 Å². The first-order valence-electron chi connectivity index (χ1n) is 4.15. The molecule has 0 atom stereocenters. The van der Waals surface area contributed by atoms with Crippen LogP contribution in [0, 0.1) is 0 Å². The molecule has 0 heterocycles. The summed E-state index contributed by atoms with van der Waals surface area (Å²) in [6.45, 7) is 3.63. The van der Waals surface area contributed by atoms with Crippen molar-refractivity contribution in [2.75, 3.05) is 11.8 Å². The van der Waals surface area contributed by atoms with E-state index < -0.39 is 20.8 Å². The minimum atomic E-state index is -3.42. The molecule has 0 spiro atoms. The maximum atomic E-state index is 10.9. The molecule has 13 heavy (non-hydrogen) atoms. The number of sulfonamides is 1. The van der Waals surface area contributed by atoms with Crippen molar-refractivity contribution in [3.63, 3.8) is 0 Å². The molecule has 2 N–H and O–H groups in total. The molecule has 0 aliphatic heterocycles. The zero-order valence-corrected chi connectivity index (χ0v) is 9.45. The zero-order valence-electron chi connectivity index (χ0n) is 7.88. The first-order chi connectivity index (χ1) is 5.89. The van der Waals surface area contributed by atoms with Crippen LogP contribution in [0.15, 0.2) is 0 Å². The average molecular weight is 230 g/mol. The summed E-state index contributed by atoms with van der Waals surface area (Å²) in [6.07, 6.45) is 1.02. The summed E-state index contributed by atoms with van der Waals surface area (Å²) in [7, 11) is -3.42. The van der Waals surface area contributed by atoms with Crippen LogP contribution in [0.3, 0.4) is 0 Å². The average Bonchev–Trinajstić information content (AvgIpc) is 2.14. The van der Waals surface area contributed by atoms with Crippen molar-refractivity contribution in [1.29, 1.82) is 0 Å². The summed E-state index contributed by atoms with van der Waals surface area (Å²) in [5.74, 6) is 0. The van der Waals surface area contributed by atoms with E-state index in [1.54, 1.807) is 13.8 Å². The van der Waals surface area contributed by atoms with Gasteiger partial charge >= 0.3 is 0 Å². The van der Waals surface area contributed by atoms with E-state index in [4.69, 9.17) is 11.6 Å². The van der Waals surface area contributed by atoms with Crippen molar-refractivity contribution < 1.29 is 13.5 Å². The molecule has 4 nitrogen and oxygen atoms in total. The van der Waals surface area contributed by atoms with E-state index in [1.807, 2.05) is 0 Å². The van der Waals surface area contributed by atoms with Gasteiger partial charge in [-0.2, -0.15) is 0 Å². The van der Waals surface area contributed by atoms with Gasteiger partial charge in [0.15, 0.2) is 0 Å². The van der Waals surface area contributed by atoms with Gasteiger partial charge in [0.25, 0.3) is 0 Å². The van der Waals surface area contributed by atoms with Crippen LogP contribution in [-0.2, 0) is 10.0 Å². The monoisotopic (exact) mass is 229 g/mol. The van der Waals surface area contributed by atoms with Crippen LogP contribution >= 0.6 is 11.6 Å². The Labute approximate surface area is 84.3 Å². The van der Waals surface area contributed by atoms with Crippen LogP contribution in [0.4, 0.5) is 0 Å². The van der Waals surface area contributed by atoms with Crippen LogP contribution in [0.2, 0.25) is 0 Å². The molecule has 0 bridgehead atoms. The van der Waals surface area contributed by atoms with E-state index in [0.717, 1.165) is 0 Å². The molecule has 0 aromatic heterocycles. The second kappa shape index (κ2) is 5.14. The van der Waals surface area contributed by atoms with Gasteiger partial charge in [-0.1, -0.05) is 13.8 Å². The lowest BCUT2D eigenvalue weighted by molar-refractivity contribution is 0.0377. The second-order valence-corrected chi connectivity index (χ2v) is 5.37. The van der Waals surface area contributed by atoms with Gasteiger partial charge in [-0.3, -0.25) is 0 Å². The molecule has 6 heteroatoms. The summed E-state index contributed by atoms with van der Waals surface area (Å²) in [4.78, 5) is 0. The van der Waals surface area contributed by atoms with Crippen LogP contribution < -0.4 is 4.72 Å². The molecule has 0 saturated heterocycles. The van der Waals surface area contributed by atoms with Crippen molar-refractivity contribution in [1.82, 2.24) is 4.72 Å². The molecule has 80 valence electrons. The van der Waals surface area contributed by atoms with Gasteiger partial charge in [0.2, 0.25) is 10.0 Å². The Morgan fingerprint density at radius 3 is 2.15 bits per heavy atom. The largest absolute Gasteiger partial charge is 0.389 e. The molecule has 0 radical (unpaired) electrons. The predicted octanol–water partition coefficient (Wildman–Crippen LogP) is 0.653. The van der Waals surface area contributed by atoms with E-state index in [1.165, 1.54) is 0 Å². The van der Waals surface area contributed by atoms with Gasteiger partial charge in [-0.15, -0.1) is 11.6 Å². The van der Waals surface area contributed by atoms with E-state index in [9.17, 15) is 13.5 Å². The third-order valence-corrected chi connectivity index (χ3v) is 3.81. The standard InChI is InChI=1S/C7H16ClNO3S/c1-3-7(10,4-2)5-9-13(11,12)6-8/h9-10H,3-6H2,1-2H3. The number of halogens is 1. The topological polar surface area (TPSA) is 66.4 Å². The molecule has 0 aliphatic carbocycles. The Kier molecular flexibility index (Phi) is 5.21. The van der Waals surface area contributed by atoms with Gasteiger partial charge in [0, 0.05) is 6.54 Å². The maximum Gasteiger partial charge on any atom is 0.225 e. The van der Waals surface area contributed by atoms with Gasteiger partial charge < -0.3 is 5.11 Å². The van der Waals surface area contributed by atoms with E-state index in [2.05, 4.69) is 4.72 Å². The number of aliphatic hydroxyl groups is 1. The normalized spacial score (nSPS) is 13.2. The van der Waals surface area contributed by atoms with Gasteiger partial charge in [-0.25, -0.2) is 13.1 Å². The van der Waals surface area contributed by atoms with Crippen molar-refractivity contribution >= 4 is 21.6 Å². The Hall–Kier alpha value is 0.160. The summed E-state index contributed by atoms with van der Waals surface area (Å²) < 4.78 is 24.1. The quantitative estimate of drug-likeness (QED) is 0.658. The Balaban J connectivity index is 4.15. The third-order valence-electron chi connectivity index (χ3n) is 2.08. The molecule has 0 aromatic rings. The second-order valence-electron chi connectivity index (χ2n) is 2.98. The van der Waals surface area contributed by atoms with Gasteiger partial charge in [0.1, 0.15) is 5.21 Å². The molecular formula is C7H16ClNO3S. The van der Waals surface area contributed by atoms with Crippen molar-refractivity contribution in [2.24, 2.45) is 0 Å². The Bertz CT molecular complexity index is 236. The Morgan fingerprint density at radius 1 is 1.38 bits per heavy atom. The summed E-state index contributed by atoms with van der Waals surface area (Å²) >= 11 is 5.18. The highest BCUT2D eigenvalue weighted by molar-refractivity contribution is 7.90. The van der Waals surface area contributed by atoms with E-state index in [-0.39, 0.29) is 6.54 Å². The van der Waals surface area contributed by atoms with Crippen LogP contribution in [-0.4, -0.2) is 30.9 Å². The summed E-state index contributed by atoms with van der Waals surface area (Å²) in [5.41, 5.74) is -0.959. The minimum Gasteiger partial charge on any atom is -0.389 e. The maximum absolute atomic E-state index is 10.9. The predicted molar refractivity (Wildman–Crippen MR) is 53.2 cm³/mol. The highest BCUT2D eigenvalue weighted by atomic mass is 35.5. The number of alkyl halides is 1. The van der Waals surface area contributed by atoms with Gasteiger partial charge in [0.05, 0.1) is 5.60 Å². The Morgan fingerprint density at radius 2 is 1.85 bits per heavy atom. The zero-order chi connectivity index (χ0) is 10.5. The first kappa shape index (κ1) is 13.2. The van der Waals surface area contributed by atoms with Gasteiger partial charge in [-0.05, 0) is 12.8 Å². The number of hydrogen-bond acceptors (Lipinski definition) is 3. The van der Waals surface area contributed by atoms with Crippen LogP contribution in [0.5, 0.6) is 0 Å². The molecule has 0 amide bonds. The molecule has 0 rings (SSSR count). The lowest BCUT2D eigenvalue weighted by Gasteiger charge is -2.24.